The van der Waals surface area contributed by atoms with Crippen molar-refractivity contribution in [3.8, 4) is 39.1 Å². The number of nitrogens with one attached hydrogen (secondary N) is 1. The Morgan fingerprint density at radius 1 is 0.509 bits per heavy atom. The molecule has 9 rings (SSSR count). The second kappa shape index (κ2) is 14.9. The zero-order chi connectivity index (χ0) is 47.4. The largest absolute Gasteiger partial charge is 0.309 e. The normalized spacial score (nSPS) is 14.8. The van der Waals surface area contributed by atoms with Crippen LogP contribution in [0.5, 0.6) is 0 Å². The van der Waals surface area contributed by atoms with Gasteiger partial charge < -0.3 is 4.57 Å². The van der Waals surface area contributed by atoms with E-state index in [2.05, 4.69) is 0 Å². The first-order chi connectivity index (χ1) is 32.2. The Morgan fingerprint density at radius 2 is 1.09 bits per heavy atom. The van der Waals surface area contributed by atoms with Gasteiger partial charge in [-0.05, 0) is 81.3 Å². The first-order valence-electron chi connectivity index (χ1n) is 23.4. The van der Waals surface area contributed by atoms with Crippen LogP contribution < -0.4 is 0 Å². The van der Waals surface area contributed by atoms with Gasteiger partial charge in [0.2, 0.25) is 0 Å². The maximum absolute atomic E-state index is 9.70. The van der Waals surface area contributed by atoms with E-state index in [0.29, 0.717) is 11.1 Å². The second-order valence-electron chi connectivity index (χ2n) is 12.6. The minimum Gasteiger partial charge on any atom is -0.309 e. The van der Waals surface area contributed by atoms with Crippen LogP contribution in [0.3, 0.4) is 0 Å². The van der Waals surface area contributed by atoms with Gasteiger partial charge in [-0.3, -0.25) is 5.41 Å². The van der Waals surface area contributed by atoms with Crippen LogP contribution >= 0.6 is 0 Å². The van der Waals surface area contributed by atoms with Gasteiger partial charge in [-0.1, -0.05) is 164 Å². The van der Waals surface area contributed by atoms with Gasteiger partial charge in [-0.2, -0.15) is 0 Å². The van der Waals surface area contributed by atoms with Crippen LogP contribution in [0.2, 0.25) is 0 Å². The summed E-state index contributed by atoms with van der Waals surface area (Å²) in [5, 5.41) is 8.79. The van der Waals surface area contributed by atoms with E-state index in [0.717, 1.165) is 32.4 Å². The summed E-state index contributed by atoms with van der Waals surface area (Å²) in [4.78, 5) is 9.54. The average molecular weight is 717 g/mol. The van der Waals surface area contributed by atoms with Crippen LogP contribution in [-0.4, -0.2) is 22.5 Å². The Bertz CT molecular complexity index is 3520. The zero-order valence-electron chi connectivity index (χ0n) is 41.1. The fraction of sp³-hybridized carbons (Fsp3) is 0. The number of hydrogen-bond acceptors (Lipinski definition) is 1. The van der Waals surface area contributed by atoms with Crippen molar-refractivity contribution in [2.24, 2.45) is 9.98 Å². The van der Waals surface area contributed by atoms with E-state index in [-0.39, 0.29) is 44.6 Å². The Kier molecular flexibility index (Phi) is 6.12. The lowest BCUT2D eigenvalue weighted by atomic mass is 10.0. The van der Waals surface area contributed by atoms with E-state index in [1.54, 1.807) is 36.5 Å². The van der Waals surface area contributed by atoms with E-state index in [1.165, 1.54) is 0 Å². The van der Waals surface area contributed by atoms with Crippen molar-refractivity contribution in [3.63, 3.8) is 0 Å². The monoisotopic (exact) mass is 716 g/mol. The number of hydrogen-bond donors (Lipinski definition) is 1. The second-order valence-corrected chi connectivity index (χ2v) is 12.6. The van der Waals surface area contributed by atoms with Gasteiger partial charge in [0, 0.05) is 33.8 Å². The van der Waals surface area contributed by atoms with E-state index in [4.69, 9.17) is 22.3 Å². The van der Waals surface area contributed by atoms with Crippen molar-refractivity contribution in [2.75, 3.05) is 0 Å². The molecule has 4 heteroatoms. The molecule has 4 nitrogen and oxygen atoms in total. The van der Waals surface area contributed by atoms with Crippen LogP contribution in [0.4, 0.5) is 0 Å². The molecule has 0 radical (unpaired) electrons. The topological polar surface area (TPSA) is 53.5 Å². The van der Waals surface area contributed by atoms with Crippen LogP contribution in [0.1, 0.15) is 33.1 Å². The van der Waals surface area contributed by atoms with Gasteiger partial charge in [0.05, 0.1) is 27.5 Å². The summed E-state index contributed by atoms with van der Waals surface area (Å²) < 4.78 is 107. The molecule has 8 aromatic carbocycles. The zero-order valence-corrected chi connectivity index (χ0v) is 29.1. The van der Waals surface area contributed by atoms with E-state index >= 15 is 0 Å². The number of nitrogens with zero attached hydrogens (tertiary/aromatic N) is 3. The average Bonchev–Trinajstić information content (AvgIpc) is 3.71. The first-order valence-corrected chi connectivity index (χ1v) is 17.4. The number of benzene rings is 8. The highest BCUT2D eigenvalue weighted by molar-refractivity contribution is 6.14. The van der Waals surface area contributed by atoms with Crippen molar-refractivity contribution in [3.05, 3.63) is 223 Å². The summed E-state index contributed by atoms with van der Waals surface area (Å²) in [5.41, 5.74) is 4.59. The molecule has 1 aromatic heterocycles. The molecule has 0 amide bonds. The lowest BCUT2D eigenvalue weighted by Gasteiger charge is -2.09. The van der Waals surface area contributed by atoms with Crippen LogP contribution in [0.15, 0.2) is 216 Å². The third kappa shape index (κ3) is 6.93. The molecule has 0 aliphatic carbocycles. The fourth-order valence-corrected chi connectivity index (χ4v) is 6.39. The number of para-hydroxylation sites is 2. The Morgan fingerprint density at radius 3 is 1.84 bits per heavy atom. The molecule has 1 N–H and O–H groups in total. The van der Waals surface area contributed by atoms with Gasteiger partial charge in [-0.25, -0.2) is 9.98 Å². The van der Waals surface area contributed by atoms with Crippen molar-refractivity contribution in [1.29, 1.82) is 5.41 Å². The predicted molar refractivity (Wildman–Crippen MR) is 231 cm³/mol. The summed E-state index contributed by atoms with van der Waals surface area (Å²) in [5.74, 6) is 0.0165. The highest BCUT2D eigenvalue weighted by Gasteiger charge is 2.14. The van der Waals surface area contributed by atoms with Gasteiger partial charge >= 0.3 is 0 Å². The van der Waals surface area contributed by atoms with Crippen LogP contribution in [0.25, 0.3) is 60.9 Å². The molecule has 1 heterocycles. The van der Waals surface area contributed by atoms with Crippen LogP contribution in [0, 0.1) is 5.41 Å². The number of fused-ring (bicyclic) bond motifs is 3. The summed E-state index contributed by atoms with van der Waals surface area (Å²) in [7, 11) is 0. The Balaban J connectivity index is 1.24. The minimum absolute atomic E-state index is 0.0858. The molecular weight excluding hydrogens is 669 g/mol. The predicted octanol–water partition coefficient (Wildman–Crippen LogP) is 12.7. The number of aromatic nitrogens is 1. The lowest BCUT2D eigenvalue weighted by molar-refractivity contribution is 1.18. The van der Waals surface area contributed by atoms with E-state index in [1.807, 2.05) is 103 Å². The molecule has 0 bridgehead atoms. The van der Waals surface area contributed by atoms with Gasteiger partial charge in [0.15, 0.2) is 11.7 Å². The molecule has 0 atom stereocenters. The molecule has 0 saturated heterocycles. The molecule has 0 unspecified atom stereocenters. The maximum Gasteiger partial charge on any atom is 0.161 e. The third-order valence-electron chi connectivity index (χ3n) is 9.09. The SMILES string of the molecule is [2H]c1c([2H])c([2H])c(-n2c3c([2H])c([2H])c([2H])c([2H])c3c3c([2H])c(-c4cccc(C(N=Cc5ccc(-c6ccccc6)cc5)=NC(=N)c5cccc(-c6ccccc6)c5)c4)c([2H])c([2H])c32)c([2H])c1[2H]. The Hall–Kier alpha value is -7.43. The van der Waals surface area contributed by atoms with E-state index < -0.39 is 78.2 Å². The molecule has 0 aliphatic rings. The van der Waals surface area contributed by atoms with Crippen molar-refractivity contribution < 1.29 is 16.4 Å². The Labute approximate surface area is 337 Å². The van der Waals surface area contributed by atoms with Crippen molar-refractivity contribution in [1.82, 2.24) is 4.57 Å². The van der Waals surface area contributed by atoms with Crippen molar-refractivity contribution in [2.45, 2.75) is 0 Å². The van der Waals surface area contributed by atoms with Gasteiger partial charge in [-0.15, -0.1) is 0 Å². The molecule has 0 aliphatic heterocycles. The maximum atomic E-state index is 9.70. The highest BCUT2D eigenvalue weighted by atomic mass is 15.0. The summed E-state index contributed by atoms with van der Waals surface area (Å²) in [6.07, 6.45) is 1.62. The van der Waals surface area contributed by atoms with Gasteiger partial charge in [0.1, 0.15) is 0 Å². The fourth-order valence-electron chi connectivity index (χ4n) is 6.39. The van der Waals surface area contributed by atoms with Crippen molar-refractivity contribution >= 4 is 39.7 Å². The summed E-state index contributed by atoms with van der Waals surface area (Å²) in [6.45, 7) is 0. The summed E-state index contributed by atoms with van der Waals surface area (Å²) in [6, 6.07) is 33.9. The van der Waals surface area contributed by atoms with E-state index in [9.17, 15) is 9.52 Å². The smallest absolute Gasteiger partial charge is 0.161 e. The third-order valence-corrected chi connectivity index (χ3v) is 9.09. The quantitative estimate of drug-likeness (QED) is 0.126. The van der Waals surface area contributed by atoms with Gasteiger partial charge in [0.25, 0.3) is 0 Å². The molecule has 9 aromatic rings. The summed E-state index contributed by atoms with van der Waals surface area (Å²) >= 11 is 0. The highest BCUT2D eigenvalue weighted by Crippen LogP contribution is 2.35. The standard InChI is InChI=1S/C51H36N4/c52-50(43-20-12-18-40(32-43)38-16-6-2-7-17-38)54-51(53-35-36-26-28-39(29-27-36)37-14-4-1-5-15-37)44-21-13-19-41(33-44)42-30-31-49-47(34-42)46-24-10-11-25-48(46)55(49)45-22-8-3-9-23-45/h1-35,52H/i3D,8D,9D,10D,11D,22D,23D,24D,25D,30D,31D,34D. The molecule has 0 fully saturated rings. The number of rotatable bonds is 7. The molecule has 0 spiro atoms. The number of aliphatic imine (C=N–C) groups is 2. The molecular formula is C51H36N4. The lowest BCUT2D eigenvalue weighted by Crippen LogP contribution is -2.05. The molecule has 55 heavy (non-hydrogen) atoms. The molecule has 0 saturated carbocycles. The molecule has 260 valence electrons. The minimum atomic E-state index is -0.717. The van der Waals surface area contributed by atoms with Crippen LogP contribution in [-0.2, 0) is 0 Å². The first kappa shape index (κ1) is 22.6. The number of amidine groups is 2.